The number of nitrogens with one attached hydrogen (secondary N) is 1. The minimum absolute atomic E-state index is 0.0690. The lowest BCUT2D eigenvalue weighted by Gasteiger charge is -2.20. The third-order valence-corrected chi connectivity index (χ3v) is 7.76. The van der Waals surface area contributed by atoms with Crippen LogP contribution in [0.25, 0.3) is 16.5 Å². The average Bonchev–Trinajstić information content (AvgIpc) is 3.60. The number of halogens is 2. The van der Waals surface area contributed by atoms with E-state index in [9.17, 15) is 18.4 Å². The number of carbonyl (C=O) groups excluding carboxylic acids is 2. The second kappa shape index (κ2) is 8.29. The first-order valence-electron chi connectivity index (χ1n) is 12.2. The average molecular weight is 509 g/mol. The maximum atomic E-state index is 14.2. The highest BCUT2D eigenvalue weighted by molar-refractivity contribution is 6.07. The molecule has 2 amide bonds. The molecule has 2 aliphatic rings. The monoisotopic (exact) mass is 508 g/mol. The summed E-state index contributed by atoms with van der Waals surface area (Å²) in [7, 11) is 1.57. The molecular weight excluding hydrogens is 482 g/mol. The lowest BCUT2D eigenvalue weighted by atomic mass is 9.99. The summed E-state index contributed by atoms with van der Waals surface area (Å²) in [6.07, 6.45) is 3.54. The summed E-state index contributed by atoms with van der Waals surface area (Å²) in [5, 5.41) is 7.63. The summed E-state index contributed by atoms with van der Waals surface area (Å²) < 4.78 is 42.0. The van der Waals surface area contributed by atoms with Crippen molar-refractivity contribution in [1.82, 2.24) is 19.8 Å². The van der Waals surface area contributed by atoms with Crippen molar-refractivity contribution >= 4 is 28.3 Å². The Bertz CT molecular complexity index is 1570. The second-order valence-corrected chi connectivity index (χ2v) is 9.91. The fraction of sp³-hybridized carbons (Fsp3) is 0.370. The maximum absolute atomic E-state index is 14.2. The Hall–Kier alpha value is -3.95. The van der Waals surface area contributed by atoms with Crippen LogP contribution in [0.2, 0.25) is 0 Å². The first kappa shape index (κ1) is 23.4. The molecule has 1 aromatic carbocycles. The molecule has 2 atom stereocenters. The van der Waals surface area contributed by atoms with Gasteiger partial charge in [-0.25, -0.2) is 13.3 Å². The van der Waals surface area contributed by atoms with Crippen LogP contribution in [0.15, 0.2) is 41.1 Å². The molecular formula is C27H26F2N4O4. The molecule has 0 radical (unpaired) electrons. The van der Waals surface area contributed by atoms with Gasteiger partial charge < -0.3 is 19.4 Å². The Morgan fingerprint density at radius 3 is 2.78 bits per heavy atom. The fourth-order valence-electron chi connectivity index (χ4n) is 5.86. The Labute approximate surface area is 211 Å². The molecule has 8 nitrogen and oxygen atoms in total. The molecule has 1 saturated carbocycles. The van der Waals surface area contributed by atoms with Crippen molar-refractivity contribution in [2.45, 2.75) is 32.6 Å². The smallest absolute Gasteiger partial charge is 0.255 e. The predicted octanol–water partition coefficient (Wildman–Crippen LogP) is 4.97. The number of amides is 2. The number of rotatable bonds is 4. The number of aromatic nitrogens is 2. The van der Waals surface area contributed by atoms with Crippen molar-refractivity contribution in [3.05, 3.63) is 59.1 Å². The molecule has 1 N–H and O–H groups in total. The van der Waals surface area contributed by atoms with Crippen LogP contribution in [0.1, 0.15) is 44.9 Å². The molecule has 37 heavy (non-hydrogen) atoms. The number of benzene rings is 1. The van der Waals surface area contributed by atoms with Gasteiger partial charge in [0.15, 0.2) is 5.75 Å². The molecule has 3 aromatic heterocycles. The topological polar surface area (TPSA) is 89.1 Å². The van der Waals surface area contributed by atoms with Gasteiger partial charge in [-0.1, -0.05) is 0 Å². The van der Waals surface area contributed by atoms with E-state index in [4.69, 9.17) is 9.15 Å². The molecule has 4 heterocycles. The normalized spacial score (nSPS) is 20.5. The van der Waals surface area contributed by atoms with E-state index in [1.54, 1.807) is 67.0 Å². The van der Waals surface area contributed by atoms with Gasteiger partial charge in [-0.3, -0.25) is 9.59 Å². The van der Waals surface area contributed by atoms with E-state index in [0.717, 1.165) is 0 Å². The van der Waals surface area contributed by atoms with Gasteiger partial charge in [-0.05, 0) is 43.9 Å². The summed E-state index contributed by atoms with van der Waals surface area (Å²) in [4.78, 5) is 27.1. The fourth-order valence-corrected chi connectivity index (χ4v) is 5.86. The van der Waals surface area contributed by atoms with Crippen LogP contribution in [0.3, 0.4) is 0 Å². The summed E-state index contributed by atoms with van der Waals surface area (Å²) >= 11 is 0. The molecule has 0 spiro atoms. The van der Waals surface area contributed by atoms with E-state index in [-0.39, 0.29) is 30.7 Å². The SMILES string of the molecule is CNC(=O)c1c(C)oc2cc(Oc3ccnn4cc(C(=O)N5CC6CCC(F)(F)C6C5)c(C)c34)ccc12. The van der Waals surface area contributed by atoms with Crippen molar-refractivity contribution in [2.75, 3.05) is 20.1 Å². The number of hydrogen-bond donors (Lipinski definition) is 1. The lowest BCUT2D eigenvalue weighted by molar-refractivity contribution is -0.0389. The van der Waals surface area contributed by atoms with Gasteiger partial charge in [0.05, 0.1) is 17.3 Å². The number of aryl methyl sites for hydroxylation is 2. The number of likely N-dealkylation sites (tertiary alicyclic amines) is 1. The number of hydrogen-bond acceptors (Lipinski definition) is 5. The molecule has 4 aromatic rings. The third kappa shape index (κ3) is 3.65. The van der Waals surface area contributed by atoms with Gasteiger partial charge in [0.2, 0.25) is 0 Å². The van der Waals surface area contributed by atoms with E-state index in [1.807, 2.05) is 0 Å². The molecule has 1 aliphatic carbocycles. The van der Waals surface area contributed by atoms with E-state index in [2.05, 4.69) is 10.4 Å². The summed E-state index contributed by atoms with van der Waals surface area (Å²) in [6.45, 7) is 3.95. The third-order valence-electron chi connectivity index (χ3n) is 7.76. The Morgan fingerprint density at radius 1 is 1.22 bits per heavy atom. The van der Waals surface area contributed by atoms with E-state index >= 15 is 0 Å². The molecule has 10 heteroatoms. The van der Waals surface area contributed by atoms with Crippen molar-refractivity contribution in [1.29, 1.82) is 0 Å². The van der Waals surface area contributed by atoms with Gasteiger partial charge in [0.1, 0.15) is 22.6 Å². The van der Waals surface area contributed by atoms with Crippen LogP contribution >= 0.6 is 0 Å². The van der Waals surface area contributed by atoms with Crippen LogP contribution in [-0.4, -0.2) is 52.4 Å². The number of alkyl halides is 2. The van der Waals surface area contributed by atoms with Gasteiger partial charge >= 0.3 is 0 Å². The first-order chi connectivity index (χ1) is 17.7. The summed E-state index contributed by atoms with van der Waals surface area (Å²) in [6, 6.07) is 6.92. The van der Waals surface area contributed by atoms with Gasteiger partial charge in [0, 0.05) is 56.2 Å². The standard InChI is InChI=1S/C27H26F2N4O4/c1-14-19(26(35)32-11-16-6-8-27(28,29)20(16)13-32)12-33-24(14)21(7-9-31-33)37-17-4-5-18-22(10-17)36-15(2)23(18)25(34)30-3/h4-5,7,9-10,12,16,20H,6,8,11,13H2,1-3H3,(H,30,34). The Balaban J connectivity index is 1.31. The molecule has 2 fully saturated rings. The van der Waals surface area contributed by atoms with Crippen molar-refractivity contribution in [3.63, 3.8) is 0 Å². The number of ether oxygens (including phenoxy) is 1. The minimum atomic E-state index is -2.71. The quantitative estimate of drug-likeness (QED) is 0.421. The van der Waals surface area contributed by atoms with Gasteiger partial charge in [-0.2, -0.15) is 5.10 Å². The van der Waals surface area contributed by atoms with Gasteiger partial charge in [0.25, 0.3) is 17.7 Å². The van der Waals surface area contributed by atoms with Crippen LogP contribution < -0.4 is 10.1 Å². The maximum Gasteiger partial charge on any atom is 0.255 e. The van der Waals surface area contributed by atoms with Crippen LogP contribution in [0.5, 0.6) is 11.5 Å². The second-order valence-electron chi connectivity index (χ2n) is 9.91. The number of carbonyl (C=O) groups is 2. The summed E-state index contributed by atoms with van der Waals surface area (Å²) in [5.41, 5.74) is 2.67. The molecule has 1 aliphatic heterocycles. The molecule has 192 valence electrons. The van der Waals surface area contributed by atoms with Crippen molar-refractivity contribution in [3.8, 4) is 11.5 Å². The van der Waals surface area contributed by atoms with E-state index < -0.39 is 11.8 Å². The molecule has 1 saturated heterocycles. The highest BCUT2D eigenvalue weighted by Crippen LogP contribution is 2.48. The van der Waals surface area contributed by atoms with Crippen molar-refractivity contribution < 1.29 is 27.5 Å². The van der Waals surface area contributed by atoms with E-state index in [0.29, 0.717) is 63.4 Å². The highest BCUT2D eigenvalue weighted by atomic mass is 19.3. The Morgan fingerprint density at radius 2 is 2.03 bits per heavy atom. The molecule has 6 rings (SSSR count). The van der Waals surface area contributed by atoms with E-state index in [1.165, 1.54) is 0 Å². The number of nitrogens with zero attached hydrogens (tertiary/aromatic N) is 3. The predicted molar refractivity (Wildman–Crippen MR) is 131 cm³/mol. The van der Waals surface area contributed by atoms with Crippen LogP contribution in [-0.2, 0) is 0 Å². The van der Waals surface area contributed by atoms with Crippen LogP contribution in [0, 0.1) is 25.7 Å². The van der Waals surface area contributed by atoms with Gasteiger partial charge in [-0.15, -0.1) is 0 Å². The minimum Gasteiger partial charge on any atom is -0.460 e. The molecule has 0 bridgehead atoms. The molecule has 2 unspecified atom stereocenters. The summed E-state index contributed by atoms with van der Waals surface area (Å²) in [5.74, 6) is -2.66. The largest absolute Gasteiger partial charge is 0.460 e. The Kier molecular flexibility index (Phi) is 5.25. The number of furan rings is 1. The zero-order valence-electron chi connectivity index (χ0n) is 20.7. The first-order valence-corrected chi connectivity index (χ1v) is 12.2. The van der Waals surface area contributed by atoms with Crippen molar-refractivity contribution in [2.24, 2.45) is 11.8 Å². The number of fused-ring (bicyclic) bond motifs is 3. The highest BCUT2D eigenvalue weighted by Gasteiger charge is 2.54. The zero-order valence-corrected chi connectivity index (χ0v) is 20.7. The zero-order chi connectivity index (χ0) is 26.1. The van der Waals surface area contributed by atoms with Crippen LogP contribution in [0.4, 0.5) is 8.78 Å². The lowest BCUT2D eigenvalue weighted by Crippen LogP contribution is -2.33.